The van der Waals surface area contributed by atoms with Gasteiger partial charge in [0.05, 0.1) is 11.1 Å². The number of amides is 1. The molecule has 1 aliphatic heterocycles. The summed E-state index contributed by atoms with van der Waals surface area (Å²) in [6.45, 7) is 3.47. The molecule has 0 unspecified atom stereocenters. The zero-order valence-corrected chi connectivity index (χ0v) is 19.7. The van der Waals surface area contributed by atoms with Crippen LogP contribution in [0.1, 0.15) is 41.4 Å². The number of aromatic amines is 1. The highest BCUT2D eigenvalue weighted by Crippen LogP contribution is 2.37. The van der Waals surface area contributed by atoms with Gasteiger partial charge in [0, 0.05) is 50.9 Å². The largest absolute Gasteiger partial charge is 0.366 e. The molecule has 3 heterocycles. The van der Waals surface area contributed by atoms with E-state index in [1.807, 2.05) is 12.1 Å². The number of hydrogen-bond donors (Lipinski definition) is 2. The van der Waals surface area contributed by atoms with Crippen molar-refractivity contribution in [3.8, 4) is 0 Å². The van der Waals surface area contributed by atoms with Crippen molar-refractivity contribution < 1.29 is 9.18 Å². The highest BCUT2D eigenvalue weighted by atomic mass is 35.5. The highest BCUT2D eigenvalue weighted by molar-refractivity contribution is 6.32. The maximum atomic E-state index is 14.1. The van der Waals surface area contributed by atoms with Crippen molar-refractivity contribution in [3.05, 3.63) is 69.1 Å². The minimum atomic E-state index is -0.481. The molecule has 5 rings (SSSR count). The van der Waals surface area contributed by atoms with Crippen molar-refractivity contribution in [2.24, 2.45) is 0 Å². The first-order valence-electron chi connectivity index (χ1n) is 11.6. The maximum Gasteiger partial charge on any atom is 0.269 e. The number of fused-ring (bicyclic) bond motifs is 1. The van der Waals surface area contributed by atoms with E-state index in [0.29, 0.717) is 22.3 Å². The first-order valence-corrected chi connectivity index (χ1v) is 12.0. The third-order valence-electron chi connectivity index (χ3n) is 7.15. The van der Waals surface area contributed by atoms with Crippen LogP contribution in [-0.4, -0.2) is 60.0 Å². The van der Waals surface area contributed by atoms with Crippen LogP contribution in [0, 0.1) is 5.82 Å². The van der Waals surface area contributed by atoms with E-state index in [2.05, 4.69) is 25.1 Å². The first kappa shape index (κ1) is 22.8. The fourth-order valence-electron chi connectivity index (χ4n) is 5.33. The van der Waals surface area contributed by atoms with Crippen LogP contribution in [-0.2, 0) is 0 Å². The number of anilines is 1. The summed E-state index contributed by atoms with van der Waals surface area (Å²) in [6.07, 6.45) is 3.04. The summed E-state index contributed by atoms with van der Waals surface area (Å²) in [5.41, 5.74) is 1.70. The molecule has 9 heteroatoms. The minimum Gasteiger partial charge on any atom is -0.366 e. The molecular formula is C25H27ClFN5O2. The van der Waals surface area contributed by atoms with Gasteiger partial charge in [-0.3, -0.25) is 14.5 Å². The molecule has 1 aromatic carbocycles. The van der Waals surface area contributed by atoms with Crippen LogP contribution in [0.2, 0.25) is 5.15 Å². The second-order valence-electron chi connectivity index (χ2n) is 9.03. The van der Waals surface area contributed by atoms with Gasteiger partial charge in [0.2, 0.25) is 0 Å². The molecule has 2 aliphatic rings. The van der Waals surface area contributed by atoms with Gasteiger partial charge >= 0.3 is 0 Å². The van der Waals surface area contributed by atoms with Gasteiger partial charge in [-0.2, -0.15) is 0 Å². The predicted octanol–water partition coefficient (Wildman–Crippen LogP) is 3.53. The second kappa shape index (κ2) is 9.35. The topological polar surface area (TPSA) is 81.3 Å². The molecule has 0 spiro atoms. The Morgan fingerprint density at radius 3 is 2.71 bits per heavy atom. The average molecular weight is 484 g/mol. The summed E-state index contributed by atoms with van der Waals surface area (Å²) >= 11 is 6.38. The number of pyridine rings is 2. The fourth-order valence-corrected chi connectivity index (χ4v) is 5.61. The van der Waals surface area contributed by atoms with Gasteiger partial charge in [-0.15, -0.1) is 0 Å². The highest BCUT2D eigenvalue weighted by Gasteiger charge is 2.33. The molecule has 0 bridgehead atoms. The van der Waals surface area contributed by atoms with Crippen molar-refractivity contribution in [2.45, 2.75) is 31.2 Å². The summed E-state index contributed by atoms with van der Waals surface area (Å²) in [6, 6.07) is 10.7. The molecule has 34 heavy (non-hydrogen) atoms. The number of halogens is 2. The minimum absolute atomic E-state index is 0.133. The molecule has 1 aliphatic carbocycles. The lowest BCUT2D eigenvalue weighted by atomic mass is 10.00. The Labute approximate surface area is 201 Å². The van der Waals surface area contributed by atoms with Gasteiger partial charge in [-0.05, 0) is 48.9 Å². The van der Waals surface area contributed by atoms with Crippen LogP contribution in [0.3, 0.4) is 0 Å². The van der Waals surface area contributed by atoms with E-state index in [9.17, 15) is 14.0 Å². The third kappa shape index (κ3) is 4.28. The Balaban J connectivity index is 1.23. The Morgan fingerprint density at radius 2 is 1.97 bits per heavy atom. The molecule has 2 aromatic heterocycles. The maximum absolute atomic E-state index is 14.1. The first-order chi connectivity index (χ1) is 16.4. The normalized spacial score (nSPS) is 21.2. The number of carbonyl (C=O) groups excluding carboxylic acids is 1. The van der Waals surface area contributed by atoms with Gasteiger partial charge in [0.15, 0.2) is 5.15 Å². The number of nitrogens with one attached hydrogen (secondary N) is 2. The van der Waals surface area contributed by atoms with Gasteiger partial charge in [-0.25, -0.2) is 9.37 Å². The number of H-pyrrole nitrogens is 1. The molecule has 1 saturated carbocycles. The Kier molecular flexibility index (Phi) is 6.27. The number of benzene rings is 1. The smallest absolute Gasteiger partial charge is 0.269 e. The van der Waals surface area contributed by atoms with Gasteiger partial charge in [0.25, 0.3) is 11.5 Å². The summed E-state index contributed by atoms with van der Waals surface area (Å²) in [4.78, 5) is 36.2. The summed E-state index contributed by atoms with van der Waals surface area (Å²) < 4.78 is 14.1. The molecule has 1 amide bonds. The van der Waals surface area contributed by atoms with Crippen LogP contribution >= 0.6 is 11.6 Å². The van der Waals surface area contributed by atoms with Crippen LogP contribution < -0.4 is 15.8 Å². The number of aromatic nitrogens is 2. The van der Waals surface area contributed by atoms with Crippen LogP contribution in [0.25, 0.3) is 10.8 Å². The van der Waals surface area contributed by atoms with E-state index in [4.69, 9.17) is 11.6 Å². The predicted molar refractivity (Wildman–Crippen MR) is 131 cm³/mol. The monoisotopic (exact) mass is 483 g/mol. The Morgan fingerprint density at radius 1 is 1.18 bits per heavy atom. The van der Waals surface area contributed by atoms with Crippen molar-refractivity contribution in [2.75, 3.05) is 38.1 Å². The molecule has 7 nitrogen and oxygen atoms in total. The lowest BCUT2D eigenvalue weighted by Gasteiger charge is -2.39. The number of piperazine rings is 1. The zero-order chi connectivity index (χ0) is 23.8. The number of carbonyl (C=O) groups is 1. The number of rotatable bonds is 4. The van der Waals surface area contributed by atoms with Crippen LogP contribution in [0.5, 0.6) is 0 Å². The Bertz CT molecular complexity index is 1290. The number of nitrogens with zero attached hydrogens (tertiary/aromatic N) is 3. The molecule has 1 saturated heterocycles. The lowest BCUT2D eigenvalue weighted by molar-refractivity contribution is 0.0958. The van der Waals surface area contributed by atoms with Gasteiger partial charge in [0.1, 0.15) is 11.5 Å². The van der Waals surface area contributed by atoms with Crippen LogP contribution in [0.4, 0.5) is 10.1 Å². The lowest BCUT2D eigenvalue weighted by Crippen LogP contribution is -2.50. The molecule has 0 radical (unpaired) electrons. The zero-order valence-electron chi connectivity index (χ0n) is 19.0. The Hall–Kier alpha value is -2.97. The van der Waals surface area contributed by atoms with E-state index in [1.165, 1.54) is 6.07 Å². The molecule has 2 atom stereocenters. The van der Waals surface area contributed by atoms with Crippen molar-refractivity contribution in [3.63, 3.8) is 0 Å². The molecule has 3 aromatic rings. The summed E-state index contributed by atoms with van der Waals surface area (Å²) in [7, 11) is 1.57. The third-order valence-corrected chi connectivity index (χ3v) is 7.42. The SMILES string of the molecule is CNC(=O)c1ccc(N2CCN([C@@H]3CC[C@@H](c4cc5cccc(F)c5c(=O)[nH]4)C3)CC2)c(Cl)n1. The summed E-state index contributed by atoms with van der Waals surface area (Å²) in [5, 5.41) is 3.69. The van der Waals surface area contributed by atoms with Crippen molar-refractivity contribution >= 4 is 34.0 Å². The van der Waals surface area contributed by atoms with E-state index >= 15 is 0 Å². The quantitative estimate of drug-likeness (QED) is 0.555. The standard InChI is InChI=1S/C25H27ClFN5O2/c1-28-24(33)19-7-8-21(23(26)29-19)32-11-9-31(10-12-32)17-6-5-15(13-17)20-14-16-3-2-4-18(27)22(16)25(34)30-20/h2-4,7-8,14-15,17H,5-6,9-13H2,1H3,(H,28,33)(H,30,34)/t15-,17-/m1/s1. The molecule has 178 valence electrons. The number of hydrogen-bond acceptors (Lipinski definition) is 5. The van der Waals surface area contributed by atoms with Crippen LogP contribution in [0.15, 0.2) is 41.2 Å². The fraction of sp³-hybridized carbons (Fsp3) is 0.400. The van der Waals surface area contributed by atoms with Gasteiger partial charge < -0.3 is 15.2 Å². The summed E-state index contributed by atoms with van der Waals surface area (Å²) in [5.74, 6) is -0.475. The van der Waals surface area contributed by atoms with E-state index < -0.39 is 5.82 Å². The van der Waals surface area contributed by atoms with Crippen molar-refractivity contribution in [1.29, 1.82) is 0 Å². The average Bonchev–Trinajstić information content (AvgIpc) is 3.34. The van der Waals surface area contributed by atoms with E-state index in [0.717, 1.165) is 56.8 Å². The van der Waals surface area contributed by atoms with E-state index in [1.54, 1.807) is 25.2 Å². The molecular weight excluding hydrogens is 457 g/mol. The van der Waals surface area contributed by atoms with E-state index in [-0.39, 0.29) is 22.8 Å². The van der Waals surface area contributed by atoms with Gasteiger partial charge in [-0.1, -0.05) is 23.7 Å². The molecule has 2 N–H and O–H groups in total. The second-order valence-corrected chi connectivity index (χ2v) is 9.39. The van der Waals surface area contributed by atoms with Crippen molar-refractivity contribution in [1.82, 2.24) is 20.2 Å². The molecule has 2 fully saturated rings.